The average Bonchev–Trinajstić information content (AvgIpc) is 2.84. The zero-order valence-electron chi connectivity index (χ0n) is 14.3. The molecule has 0 aliphatic heterocycles. The second kappa shape index (κ2) is 7.01. The summed E-state index contributed by atoms with van der Waals surface area (Å²) < 4.78 is 20.5. The van der Waals surface area contributed by atoms with Gasteiger partial charge < -0.3 is 14.6 Å². The Hall–Kier alpha value is -2.40. The Morgan fingerprint density at radius 3 is 2.62 bits per heavy atom. The number of hydrogen-bond donors (Lipinski definition) is 1. The quantitative estimate of drug-likeness (QED) is 0.742. The molecule has 0 saturated heterocycles. The van der Waals surface area contributed by atoms with Crippen LogP contribution in [0.15, 0.2) is 36.5 Å². The Kier molecular flexibility index (Phi) is 4.81. The van der Waals surface area contributed by atoms with E-state index < -0.39 is 0 Å². The monoisotopic (exact) mass is 327 g/mol. The fourth-order valence-corrected chi connectivity index (χ4v) is 2.97. The Morgan fingerprint density at radius 1 is 1.17 bits per heavy atom. The molecule has 0 unspecified atom stereocenters. The number of ether oxygens (including phenoxy) is 1. The average molecular weight is 327 g/mol. The third kappa shape index (κ3) is 3.12. The fraction of sp³-hybridized carbons (Fsp3) is 0.316. The number of hydrogen-bond acceptors (Lipinski definition) is 3. The number of fused-ring (bicyclic) bond motifs is 1. The first kappa shape index (κ1) is 16.5. The molecule has 0 spiro atoms. The van der Waals surface area contributed by atoms with Crippen LogP contribution >= 0.6 is 0 Å². The van der Waals surface area contributed by atoms with Gasteiger partial charge >= 0.3 is 0 Å². The molecule has 24 heavy (non-hydrogen) atoms. The predicted molar refractivity (Wildman–Crippen MR) is 94.8 cm³/mol. The van der Waals surface area contributed by atoms with Crippen molar-refractivity contribution in [3.05, 3.63) is 59.2 Å². The molecule has 0 saturated carbocycles. The molecule has 1 aromatic carbocycles. The maximum Gasteiger partial charge on any atom is 0.150 e. The van der Waals surface area contributed by atoms with E-state index in [1.54, 1.807) is 19.2 Å². The van der Waals surface area contributed by atoms with Crippen LogP contribution in [0.25, 0.3) is 10.9 Å². The van der Waals surface area contributed by atoms with E-state index in [0.717, 1.165) is 23.4 Å². The predicted octanol–water partition coefficient (Wildman–Crippen LogP) is 4.05. The van der Waals surface area contributed by atoms with E-state index in [2.05, 4.69) is 28.7 Å². The lowest BCUT2D eigenvalue weighted by molar-refractivity contribution is 0.188. The lowest BCUT2D eigenvalue weighted by atomic mass is 10.2. The Bertz CT molecular complexity index is 840. The minimum absolute atomic E-state index is 0.223. The molecular formula is C19H22FN3O. The van der Waals surface area contributed by atoms with Gasteiger partial charge in [0.1, 0.15) is 5.82 Å². The number of methoxy groups -OCH3 is 1. The van der Waals surface area contributed by atoms with Crippen molar-refractivity contribution in [1.82, 2.24) is 9.55 Å². The van der Waals surface area contributed by atoms with Gasteiger partial charge in [0.2, 0.25) is 0 Å². The van der Waals surface area contributed by atoms with Crippen molar-refractivity contribution in [3.63, 3.8) is 0 Å². The summed E-state index contributed by atoms with van der Waals surface area (Å²) in [5.41, 5.74) is 4.58. The Balaban J connectivity index is 1.95. The molecule has 4 nitrogen and oxygen atoms in total. The molecule has 0 radical (unpaired) electrons. The second-order valence-corrected chi connectivity index (χ2v) is 5.89. The number of benzene rings is 1. The molecule has 3 aromatic rings. The van der Waals surface area contributed by atoms with E-state index in [4.69, 9.17) is 4.74 Å². The van der Waals surface area contributed by atoms with Gasteiger partial charge in [-0.05, 0) is 43.2 Å². The number of nitrogens with one attached hydrogen (secondary N) is 1. The van der Waals surface area contributed by atoms with E-state index in [1.165, 1.54) is 28.8 Å². The number of pyridine rings is 1. The van der Waals surface area contributed by atoms with Crippen molar-refractivity contribution >= 4 is 16.7 Å². The van der Waals surface area contributed by atoms with E-state index in [9.17, 15) is 4.39 Å². The molecule has 0 atom stereocenters. The Labute approximate surface area is 141 Å². The van der Waals surface area contributed by atoms with Crippen LogP contribution in [0.5, 0.6) is 0 Å². The highest BCUT2D eigenvalue weighted by atomic mass is 19.1. The van der Waals surface area contributed by atoms with Crippen molar-refractivity contribution in [2.75, 3.05) is 19.0 Å². The molecule has 0 aliphatic rings. The van der Waals surface area contributed by atoms with E-state index >= 15 is 0 Å². The van der Waals surface area contributed by atoms with Crippen molar-refractivity contribution < 1.29 is 9.13 Å². The van der Waals surface area contributed by atoms with E-state index in [-0.39, 0.29) is 5.82 Å². The van der Waals surface area contributed by atoms with Crippen molar-refractivity contribution in [2.45, 2.75) is 26.9 Å². The zero-order valence-corrected chi connectivity index (χ0v) is 14.3. The zero-order chi connectivity index (χ0) is 17.1. The van der Waals surface area contributed by atoms with Crippen LogP contribution in [0.3, 0.4) is 0 Å². The number of halogens is 1. The second-order valence-electron chi connectivity index (χ2n) is 5.89. The van der Waals surface area contributed by atoms with Gasteiger partial charge in [0.25, 0.3) is 0 Å². The van der Waals surface area contributed by atoms with Crippen LogP contribution in [-0.4, -0.2) is 23.3 Å². The maximum absolute atomic E-state index is 13.0. The van der Waals surface area contributed by atoms with Gasteiger partial charge in [-0.25, -0.2) is 9.37 Å². The topological polar surface area (TPSA) is 39.1 Å². The van der Waals surface area contributed by atoms with Crippen LogP contribution in [-0.2, 0) is 17.8 Å². The summed E-state index contributed by atoms with van der Waals surface area (Å²) in [7, 11) is 1.71. The van der Waals surface area contributed by atoms with Crippen molar-refractivity contribution in [2.24, 2.45) is 0 Å². The highest BCUT2D eigenvalue weighted by Gasteiger charge is 2.14. The molecule has 3 rings (SSSR count). The van der Waals surface area contributed by atoms with Crippen molar-refractivity contribution in [3.8, 4) is 0 Å². The summed E-state index contributed by atoms with van der Waals surface area (Å²) in [4.78, 5) is 4.52. The van der Waals surface area contributed by atoms with Crippen LogP contribution < -0.4 is 5.32 Å². The number of nitrogens with zero attached hydrogens (tertiary/aromatic N) is 2. The highest BCUT2D eigenvalue weighted by Crippen LogP contribution is 2.29. The molecule has 1 N–H and O–H groups in total. The van der Waals surface area contributed by atoms with Crippen molar-refractivity contribution in [1.29, 1.82) is 0 Å². The molecule has 0 amide bonds. The standard InChI is InChI=1S/C19H22FN3O/c1-13-14(2)23(10-11-24-3)18-17(13)8-9-21-19(18)22-12-15-4-6-16(20)7-5-15/h4-9H,10-12H2,1-3H3,(H,21,22). The maximum atomic E-state index is 13.0. The first-order chi connectivity index (χ1) is 11.6. The summed E-state index contributed by atoms with van der Waals surface area (Å²) in [6.07, 6.45) is 1.82. The van der Waals surface area contributed by atoms with Gasteiger partial charge in [0.05, 0.1) is 12.1 Å². The Morgan fingerprint density at radius 2 is 1.92 bits per heavy atom. The van der Waals surface area contributed by atoms with Crippen LogP contribution in [0.4, 0.5) is 10.2 Å². The number of rotatable bonds is 6. The third-order valence-corrected chi connectivity index (χ3v) is 4.44. The van der Waals surface area contributed by atoms with Gasteiger partial charge in [-0.15, -0.1) is 0 Å². The number of aryl methyl sites for hydroxylation is 1. The van der Waals surface area contributed by atoms with Gasteiger partial charge in [-0.1, -0.05) is 12.1 Å². The molecule has 2 aromatic heterocycles. The minimum Gasteiger partial charge on any atom is -0.383 e. The lowest BCUT2D eigenvalue weighted by Gasteiger charge is -2.12. The van der Waals surface area contributed by atoms with Crippen LogP contribution in [0.1, 0.15) is 16.8 Å². The van der Waals surface area contributed by atoms with E-state index in [0.29, 0.717) is 13.2 Å². The lowest BCUT2D eigenvalue weighted by Crippen LogP contribution is -2.09. The first-order valence-corrected chi connectivity index (χ1v) is 8.03. The van der Waals surface area contributed by atoms with Gasteiger partial charge in [0.15, 0.2) is 5.82 Å². The minimum atomic E-state index is -0.223. The number of aromatic nitrogens is 2. The third-order valence-electron chi connectivity index (χ3n) is 4.44. The summed E-state index contributed by atoms with van der Waals surface area (Å²) in [6, 6.07) is 8.55. The summed E-state index contributed by atoms with van der Waals surface area (Å²) in [6.45, 7) is 6.28. The summed E-state index contributed by atoms with van der Waals surface area (Å²) >= 11 is 0. The van der Waals surface area contributed by atoms with Crippen LogP contribution in [0.2, 0.25) is 0 Å². The number of anilines is 1. The smallest absolute Gasteiger partial charge is 0.150 e. The first-order valence-electron chi connectivity index (χ1n) is 8.03. The molecule has 0 fully saturated rings. The highest BCUT2D eigenvalue weighted by molar-refractivity contribution is 5.93. The molecule has 0 aliphatic carbocycles. The van der Waals surface area contributed by atoms with Gasteiger partial charge in [-0.3, -0.25) is 0 Å². The van der Waals surface area contributed by atoms with Crippen LogP contribution in [0, 0.1) is 19.7 Å². The van der Waals surface area contributed by atoms with Gasteiger partial charge in [0, 0.05) is 37.5 Å². The van der Waals surface area contributed by atoms with E-state index in [1.807, 2.05) is 12.3 Å². The normalized spacial score (nSPS) is 11.2. The largest absolute Gasteiger partial charge is 0.383 e. The molecule has 126 valence electrons. The molecule has 2 heterocycles. The summed E-state index contributed by atoms with van der Waals surface area (Å²) in [5, 5.41) is 4.58. The van der Waals surface area contributed by atoms with Gasteiger partial charge in [-0.2, -0.15) is 0 Å². The SMILES string of the molecule is COCCn1c(C)c(C)c2ccnc(NCc3ccc(F)cc3)c21. The molecule has 5 heteroatoms. The molecule has 0 bridgehead atoms. The fourth-order valence-electron chi connectivity index (χ4n) is 2.97. The summed E-state index contributed by atoms with van der Waals surface area (Å²) in [5.74, 6) is 0.614. The molecular weight excluding hydrogens is 305 g/mol.